The standard InChI is InChI=1S/C14H13FO/c1-14(2,9-16)11-7-6-10-4-3-5-13(15)12(10)8-11/h3-9H,1-2H3. The molecule has 2 aromatic carbocycles. The first-order chi connectivity index (χ1) is 7.54. The fourth-order valence-electron chi connectivity index (χ4n) is 1.70. The summed E-state index contributed by atoms with van der Waals surface area (Å²) in [6, 6.07) is 10.4. The molecule has 0 aliphatic heterocycles. The van der Waals surface area contributed by atoms with E-state index in [1.165, 1.54) is 6.07 Å². The number of rotatable bonds is 2. The van der Waals surface area contributed by atoms with Crippen molar-refractivity contribution in [2.24, 2.45) is 0 Å². The zero-order chi connectivity index (χ0) is 11.8. The highest BCUT2D eigenvalue weighted by Crippen LogP contribution is 2.26. The largest absolute Gasteiger partial charge is 0.302 e. The average Bonchev–Trinajstić information content (AvgIpc) is 2.29. The molecule has 0 aliphatic rings. The maximum absolute atomic E-state index is 13.6. The molecule has 2 aromatic rings. The van der Waals surface area contributed by atoms with Gasteiger partial charge in [0.05, 0.1) is 0 Å². The van der Waals surface area contributed by atoms with Crippen LogP contribution in [0.4, 0.5) is 4.39 Å². The van der Waals surface area contributed by atoms with Crippen LogP contribution >= 0.6 is 0 Å². The van der Waals surface area contributed by atoms with E-state index in [-0.39, 0.29) is 5.82 Å². The highest BCUT2D eigenvalue weighted by molar-refractivity contribution is 5.85. The lowest BCUT2D eigenvalue weighted by Gasteiger charge is -2.17. The third kappa shape index (κ3) is 1.71. The van der Waals surface area contributed by atoms with Gasteiger partial charge in [-0.1, -0.05) is 24.3 Å². The second-order valence-corrected chi connectivity index (χ2v) is 4.52. The second-order valence-electron chi connectivity index (χ2n) is 4.52. The molecule has 0 saturated carbocycles. The quantitative estimate of drug-likeness (QED) is 0.702. The van der Waals surface area contributed by atoms with E-state index in [4.69, 9.17) is 0 Å². The minimum atomic E-state index is -0.573. The number of benzene rings is 2. The molecule has 0 aromatic heterocycles. The van der Waals surface area contributed by atoms with Gasteiger partial charge in [0, 0.05) is 10.8 Å². The van der Waals surface area contributed by atoms with Crippen LogP contribution in [-0.2, 0) is 10.2 Å². The lowest BCUT2D eigenvalue weighted by Crippen LogP contribution is -2.18. The van der Waals surface area contributed by atoms with Crippen molar-refractivity contribution in [3.8, 4) is 0 Å². The lowest BCUT2D eigenvalue weighted by molar-refractivity contribution is -0.111. The van der Waals surface area contributed by atoms with E-state index < -0.39 is 5.41 Å². The summed E-state index contributed by atoms with van der Waals surface area (Å²) in [6.45, 7) is 3.64. The molecule has 2 rings (SSSR count). The van der Waals surface area contributed by atoms with Crippen LogP contribution in [-0.4, -0.2) is 6.29 Å². The van der Waals surface area contributed by atoms with Gasteiger partial charge < -0.3 is 4.79 Å². The van der Waals surface area contributed by atoms with Crippen molar-refractivity contribution >= 4 is 17.1 Å². The topological polar surface area (TPSA) is 17.1 Å². The lowest BCUT2D eigenvalue weighted by atomic mass is 9.85. The Labute approximate surface area is 93.9 Å². The maximum atomic E-state index is 13.6. The predicted octanol–water partition coefficient (Wildman–Crippen LogP) is 3.46. The van der Waals surface area contributed by atoms with Crippen molar-refractivity contribution in [1.29, 1.82) is 0 Å². The zero-order valence-electron chi connectivity index (χ0n) is 9.33. The van der Waals surface area contributed by atoms with E-state index in [2.05, 4.69) is 0 Å². The van der Waals surface area contributed by atoms with Crippen molar-refractivity contribution in [1.82, 2.24) is 0 Å². The van der Waals surface area contributed by atoms with Gasteiger partial charge in [-0.15, -0.1) is 0 Å². The van der Waals surface area contributed by atoms with Crippen LogP contribution in [0.1, 0.15) is 19.4 Å². The van der Waals surface area contributed by atoms with Crippen molar-refractivity contribution in [2.75, 3.05) is 0 Å². The summed E-state index contributed by atoms with van der Waals surface area (Å²) < 4.78 is 13.6. The smallest absolute Gasteiger partial charge is 0.131 e. The predicted molar refractivity (Wildman–Crippen MR) is 63.0 cm³/mol. The van der Waals surface area contributed by atoms with Gasteiger partial charge in [0.1, 0.15) is 12.1 Å². The molecule has 0 atom stereocenters. The summed E-state index contributed by atoms with van der Waals surface area (Å²) in [5.74, 6) is -0.249. The number of carbonyl (C=O) groups is 1. The molecule has 0 aliphatic carbocycles. The van der Waals surface area contributed by atoms with Crippen LogP contribution in [0.25, 0.3) is 10.8 Å². The van der Waals surface area contributed by atoms with Gasteiger partial charge in [-0.05, 0) is 36.9 Å². The van der Waals surface area contributed by atoms with Crippen LogP contribution in [0.5, 0.6) is 0 Å². The molecular formula is C14H13FO. The Balaban J connectivity index is 2.68. The molecule has 0 heterocycles. The molecule has 0 saturated heterocycles. The van der Waals surface area contributed by atoms with Crippen molar-refractivity contribution < 1.29 is 9.18 Å². The minimum Gasteiger partial charge on any atom is -0.302 e. The molecule has 0 radical (unpaired) electrons. The highest BCUT2D eigenvalue weighted by atomic mass is 19.1. The summed E-state index contributed by atoms with van der Waals surface area (Å²) in [7, 11) is 0. The van der Waals surface area contributed by atoms with Gasteiger partial charge in [-0.2, -0.15) is 0 Å². The summed E-state index contributed by atoms with van der Waals surface area (Å²) in [6.07, 6.45) is 0.884. The van der Waals surface area contributed by atoms with E-state index in [0.29, 0.717) is 5.39 Å². The zero-order valence-corrected chi connectivity index (χ0v) is 9.33. The van der Waals surface area contributed by atoms with Gasteiger partial charge >= 0.3 is 0 Å². The van der Waals surface area contributed by atoms with Crippen molar-refractivity contribution in [3.63, 3.8) is 0 Å². The van der Waals surface area contributed by atoms with E-state index in [1.807, 2.05) is 32.0 Å². The van der Waals surface area contributed by atoms with Gasteiger partial charge in [-0.25, -0.2) is 4.39 Å². The van der Waals surface area contributed by atoms with Crippen LogP contribution in [0.3, 0.4) is 0 Å². The van der Waals surface area contributed by atoms with Crippen molar-refractivity contribution in [2.45, 2.75) is 19.3 Å². The first-order valence-electron chi connectivity index (χ1n) is 5.20. The van der Waals surface area contributed by atoms with Gasteiger partial charge in [0.2, 0.25) is 0 Å². The fraction of sp³-hybridized carbons (Fsp3) is 0.214. The average molecular weight is 216 g/mol. The Kier molecular flexibility index (Phi) is 2.50. The second kappa shape index (κ2) is 3.71. The summed E-state index contributed by atoms with van der Waals surface area (Å²) in [4.78, 5) is 11.0. The molecule has 2 heteroatoms. The molecule has 1 nitrogen and oxygen atoms in total. The van der Waals surface area contributed by atoms with E-state index in [1.54, 1.807) is 12.1 Å². The summed E-state index contributed by atoms with van der Waals surface area (Å²) >= 11 is 0. The van der Waals surface area contributed by atoms with Crippen molar-refractivity contribution in [3.05, 3.63) is 47.8 Å². The number of halogens is 1. The van der Waals surface area contributed by atoms with Gasteiger partial charge in [-0.3, -0.25) is 0 Å². The molecule has 0 spiro atoms. The SMILES string of the molecule is CC(C)(C=O)c1ccc2cccc(F)c2c1. The van der Waals surface area contributed by atoms with Crippen LogP contribution in [0, 0.1) is 5.82 Å². The number of hydrogen-bond acceptors (Lipinski definition) is 1. The fourth-order valence-corrected chi connectivity index (χ4v) is 1.70. The number of hydrogen-bond donors (Lipinski definition) is 0. The Morgan fingerprint density at radius 1 is 1.19 bits per heavy atom. The van der Waals surface area contributed by atoms with Crippen LogP contribution in [0.15, 0.2) is 36.4 Å². The normalized spacial score (nSPS) is 11.7. The number of carbonyl (C=O) groups excluding carboxylic acids is 1. The molecule has 0 amide bonds. The molecular weight excluding hydrogens is 203 g/mol. The highest BCUT2D eigenvalue weighted by Gasteiger charge is 2.19. The van der Waals surface area contributed by atoms with Gasteiger partial charge in [0.25, 0.3) is 0 Å². The molecule has 0 N–H and O–H groups in total. The number of fused-ring (bicyclic) bond motifs is 1. The summed E-state index contributed by atoms with van der Waals surface area (Å²) in [5.41, 5.74) is 0.260. The Morgan fingerprint density at radius 2 is 1.94 bits per heavy atom. The molecule has 82 valence electrons. The van der Waals surface area contributed by atoms with E-state index >= 15 is 0 Å². The first-order valence-corrected chi connectivity index (χ1v) is 5.20. The molecule has 0 fully saturated rings. The van der Waals surface area contributed by atoms with E-state index in [9.17, 15) is 9.18 Å². The van der Waals surface area contributed by atoms with Crippen LogP contribution in [0.2, 0.25) is 0 Å². The van der Waals surface area contributed by atoms with Crippen LogP contribution < -0.4 is 0 Å². The molecule has 0 bridgehead atoms. The number of aldehydes is 1. The molecule has 0 unspecified atom stereocenters. The maximum Gasteiger partial charge on any atom is 0.131 e. The third-order valence-electron chi connectivity index (χ3n) is 2.87. The minimum absolute atomic E-state index is 0.249. The first kappa shape index (κ1) is 10.8. The Hall–Kier alpha value is -1.70. The van der Waals surface area contributed by atoms with Gasteiger partial charge in [0.15, 0.2) is 0 Å². The van der Waals surface area contributed by atoms with E-state index in [0.717, 1.165) is 17.2 Å². The Bertz CT molecular complexity index is 543. The molecule has 16 heavy (non-hydrogen) atoms. The monoisotopic (exact) mass is 216 g/mol. The Morgan fingerprint density at radius 3 is 2.62 bits per heavy atom. The third-order valence-corrected chi connectivity index (χ3v) is 2.87. The summed E-state index contributed by atoms with van der Waals surface area (Å²) in [5, 5.41) is 1.42.